The molecule has 2 N–H and O–H groups in total. The second-order valence-electron chi connectivity index (χ2n) is 4.42. The maximum absolute atomic E-state index is 11.3. The number of amides is 1. The highest BCUT2D eigenvalue weighted by Gasteiger charge is 2.18. The SMILES string of the molecule is CCNC(=O)CCOc1ccc2c(c1)CC/C2=N\O. The number of aryl methyl sites for hydroxylation is 1. The third-order valence-corrected chi connectivity index (χ3v) is 3.11. The number of rotatable bonds is 5. The van der Waals surface area contributed by atoms with E-state index in [2.05, 4.69) is 10.5 Å². The number of benzene rings is 1. The second-order valence-corrected chi connectivity index (χ2v) is 4.42. The Kier molecular flexibility index (Phi) is 4.39. The van der Waals surface area contributed by atoms with Crippen LogP contribution in [0.1, 0.15) is 30.9 Å². The topological polar surface area (TPSA) is 70.9 Å². The van der Waals surface area contributed by atoms with Crippen molar-refractivity contribution in [2.75, 3.05) is 13.2 Å². The molecule has 0 unspecified atom stereocenters. The predicted molar refractivity (Wildman–Crippen MR) is 71.9 cm³/mol. The fourth-order valence-electron chi connectivity index (χ4n) is 2.19. The number of nitrogens with zero attached hydrogens (tertiary/aromatic N) is 1. The van der Waals surface area contributed by atoms with E-state index >= 15 is 0 Å². The first-order chi connectivity index (χ1) is 9.24. The summed E-state index contributed by atoms with van der Waals surface area (Å²) in [6, 6.07) is 5.69. The van der Waals surface area contributed by atoms with Crippen molar-refractivity contribution in [2.45, 2.75) is 26.2 Å². The lowest BCUT2D eigenvalue weighted by molar-refractivity contribution is -0.121. The van der Waals surface area contributed by atoms with E-state index in [0.29, 0.717) is 19.6 Å². The van der Waals surface area contributed by atoms with Gasteiger partial charge >= 0.3 is 0 Å². The molecule has 1 aromatic carbocycles. The van der Waals surface area contributed by atoms with Crippen molar-refractivity contribution in [1.82, 2.24) is 5.32 Å². The molecule has 1 aromatic rings. The first-order valence-corrected chi connectivity index (χ1v) is 6.48. The molecule has 2 rings (SSSR count). The minimum Gasteiger partial charge on any atom is -0.493 e. The van der Waals surface area contributed by atoms with Crippen LogP contribution in [0.3, 0.4) is 0 Å². The van der Waals surface area contributed by atoms with Crippen molar-refractivity contribution in [3.05, 3.63) is 29.3 Å². The van der Waals surface area contributed by atoms with Crippen LogP contribution >= 0.6 is 0 Å². The maximum Gasteiger partial charge on any atom is 0.223 e. The molecule has 0 saturated carbocycles. The van der Waals surface area contributed by atoms with Gasteiger partial charge in [-0.05, 0) is 43.5 Å². The molecule has 0 aliphatic heterocycles. The standard InChI is InChI=1S/C14H18N2O3/c1-2-15-14(17)7-8-19-11-4-5-12-10(9-11)3-6-13(12)16-18/h4-5,9,18H,2-3,6-8H2,1H3,(H,15,17)/b16-13+. The van der Waals surface area contributed by atoms with Crippen LogP contribution in [0.2, 0.25) is 0 Å². The number of fused-ring (bicyclic) bond motifs is 1. The summed E-state index contributed by atoms with van der Waals surface area (Å²) in [7, 11) is 0. The highest BCUT2D eigenvalue weighted by atomic mass is 16.5. The first-order valence-electron chi connectivity index (χ1n) is 6.48. The first kappa shape index (κ1) is 13.4. The average Bonchev–Trinajstić information content (AvgIpc) is 2.81. The van der Waals surface area contributed by atoms with Gasteiger partial charge in [-0.25, -0.2) is 0 Å². The van der Waals surface area contributed by atoms with Gasteiger partial charge in [0, 0.05) is 12.1 Å². The molecule has 0 radical (unpaired) electrons. The van der Waals surface area contributed by atoms with Gasteiger partial charge in [0.05, 0.1) is 18.7 Å². The van der Waals surface area contributed by atoms with Crippen LogP contribution in [0.4, 0.5) is 0 Å². The lowest BCUT2D eigenvalue weighted by atomic mass is 10.1. The van der Waals surface area contributed by atoms with Crippen LogP contribution in [0.15, 0.2) is 23.4 Å². The maximum atomic E-state index is 11.3. The summed E-state index contributed by atoms with van der Waals surface area (Å²) in [5, 5.41) is 14.9. The quantitative estimate of drug-likeness (QED) is 0.627. The molecule has 1 aliphatic carbocycles. The van der Waals surface area contributed by atoms with Gasteiger partial charge < -0.3 is 15.3 Å². The van der Waals surface area contributed by atoms with Crippen molar-refractivity contribution in [3.63, 3.8) is 0 Å². The van der Waals surface area contributed by atoms with E-state index in [0.717, 1.165) is 35.4 Å². The smallest absolute Gasteiger partial charge is 0.223 e. The second kappa shape index (κ2) is 6.22. The van der Waals surface area contributed by atoms with Crippen molar-refractivity contribution in [1.29, 1.82) is 0 Å². The molecular weight excluding hydrogens is 244 g/mol. The molecule has 1 aliphatic rings. The Bertz CT molecular complexity index is 497. The molecule has 0 spiro atoms. The van der Waals surface area contributed by atoms with Gasteiger partial charge in [-0.2, -0.15) is 0 Å². The molecule has 102 valence electrons. The van der Waals surface area contributed by atoms with Crippen LogP contribution in [0.5, 0.6) is 5.75 Å². The number of carbonyl (C=O) groups is 1. The van der Waals surface area contributed by atoms with Crippen LogP contribution in [0, 0.1) is 0 Å². The highest BCUT2D eigenvalue weighted by Crippen LogP contribution is 2.26. The third kappa shape index (κ3) is 3.24. The fourth-order valence-corrected chi connectivity index (χ4v) is 2.19. The van der Waals surface area contributed by atoms with Crippen molar-refractivity contribution >= 4 is 11.6 Å². The summed E-state index contributed by atoms with van der Waals surface area (Å²) in [5.41, 5.74) is 2.84. The lowest BCUT2D eigenvalue weighted by Crippen LogP contribution is -2.24. The van der Waals surface area contributed by atoms with E-state index in [1.165, 1.54) is 0 Å². The van der Waals surface area contributed by atoms with E-state index < -0.39 is 0 Å². The number of oxime groups is 1. The van der Waals surface area contributed by atoms with Gasteiger partial charge in [-0.1, -0.05) is 5.16 Å². The molecule has 1 amide bonds. The summed E-state index contributed by atoms with van der Waals surface area (Å²) < 4.78 is 5.55. The fraction of sp³-hybridized carbons (Fsp3) is 0.429. The summed E-state index contributed by atoms with van der Waals surface area (Å²) >= 11 is 0. The van der Waals surface area contributed by atoms with Gasteiger partial charge in [0.15, 0.2) is 0 Å². The number of nitrogens with one attached hydrogen (secondary N) is 1. The van der Waals surface area contributed by atoms with Gasteiger partial charge in [0.1, 0.15) is 5.75 Å². The summed E-state index contributed by atoms with van der Waals surface area (Å²) in [5.74, 6) is 0.751. The summed E-state index contributed by atoms with van der Waals surface area (Å²) in [4.78, 5) is 11.3. The van der Waals surface area contributed by atoms with Crippen LogP contribution in [0.25, 0.3) is 0 Å². The summed E-state index contributed by atoms with van der Waals surface area (Å²) in [6.07, 6.45) is 1.98. The Morgan fingerprint density at radius 2 is 2.32 bits per heavy atom. The Hall–Kier alpha value is -2.04. The van der Waals surface area contributed by atoms with Crippen LogP contribution < -0.4 is 10.1 Å². The van der Waals surface area contributed by atoms with E-state index in [4.69, 9.17) is 9.94 Å². The zero-order valence-corrected chi connectivity index (χ0v) is 11.0. The van der Waals surface area contributed by atoms with E-state index in [-0.39, 0.29) is 5.91 Å². The zero-order valence-electron chi connectivity index (χ0n) is 11.0. The minimum atomic E-state index is -0.00152. The Morgan fingerprint density at radius 1 is 1.47 bits per heavy atom. The Morgan fingerprint density at radius 3 is 3.05 bits per heavy atom. The molecule has 0 heterocycles. The molecule has 5 nitrogen and oxygen atoms in total. The molecular formula is C14H18N2O3. The number of hydrogen-bond donors (Lipinski definition) is 2. The number of carbonyl (C=O) groups excluding carboxylic acids is 1. The van der Waals surface area contributed by atoms with E-state index in [9.17, 15) is 4.79 Å². The lowest BCUT2D eigenvalue weighted by Gasteiger charge is -2.08. The van der Waals surface area contributed by atoms with Gasteiger partial charge in [0.2, 0.25) is 5.91 Å². The molecule has 0 aromatic heterocycles. The minimum absolute atomic E-state index is 0.00152. The Balaban J connectivity index is 1.91. The molecule has 0 saturated heterocycles. The van der Waals surface area contributed by atoms with Crippen molar-refractivity contribution in [3.8, 4) is 5.75 Å². The predicted octanol–water partition coefficient (Wildman–Crippen LogP) is 1.72. The van der Waals surface area contributed by atoms with E-state index in [1.54, 1.807) is 0 Å². The average molecular weight is 262 g/mol. The van der Waals surface area contributed by atoms with Gasteiger partial charge in [0.25, 0.3) is 0 Å². The molecule has 0 fully saturated rings. The normalized spacial score (nSPS) is 15.3. The van der Waals surface area contributed by atoms with Crippen molar-refractivity contribution in [2.24, 2.45) is 5.16 Å². The van der Waals surface area contributed by atoms with E-state index in [1.807, 2.05) is 25.1 Å². The molecule has 19 heavy (non-hydrogen) atoms. The molecule has 5 heteroatoms. The summed E-state index contributed by atoms with van der Waals surface area (Å²) in [6.45, 7) is 2.89. The number of hydrogen-bond acceptors (Lipinski definition) is 4. The molecule has 0 atom stereocenters. The van der Waals surface area contributed by atoms with Gasteiger partial charge in [-0.3, -0.25) is 4.79 Å². The van der Waals surface area contributed by atoms with Crippen LogP contribution in [-0.4, -0.2) is 30.0 Å². The van der Waals surface area contributed by atoms with Gasteiger partial charge in [-0.15, -0.1) is 0 Å². The van der Waals surface area contributed by atoms with Crippen LogP contribution in [-0.2, 0) is 11.2 Å². The highest BCUT2D eigenvalue weighted by molar-refractivity contribution is 6.04. The zero-order chi connectivity index (χ0) is 13.7. The van der Waals surface area contributed by atoms with Crippen molar-refractivity contribution < 1.29 is 14.7 Å². The largest absolute Gasteiger partial charge is 0.493 e. The monoisotopic (exact) mass is 262 g/mol. The Labute approximate surface area is 112 Å². The third-order valence-electron chi connectivity index (χ3n) is 3.11. The number of ether oxygens (including phenoxy) is 1. The molecule has 0 bridgehead atoms.